The number of fused-ring (bicyclic) bond motifs is 1. The van der Waals surface area contributed by atoms with Crippen molar-refractivity contribution in [1.29, 1.82) is 0 Å². The van der Waals surface area contributed by atoms with E-state index in [1.54, 1.807) is 30.0 Å². The van der Waals surface area contributed by atoms with Gasteiger partial charge in [0.15, 0.2) is 11.5 Å². The van der Waals surface area contributed by atoms with Crippen molar-refractivity contribution in [3.63, 3.8) is 0 Å². The highest BCUT2D eigenvalue weighted by atomic mass is 35.5. The third-order valence-electron chi connectivity index (χ3n) is 5.36. The van der Waals surface area contributed by atoms with Crippen LogP contribution in [0.2, 0.25) is 5.02 Å². The molecular weight excluding hydrogens is 444 g/mol. The van der Waals surface area contributed by atoms with Crippen molar-refractivity contribution in [1.82, 2.24) is 20.0 Å². The molecule has 0 radical (unpaired) electrons. The molecule has 0 spiro atoms. The highest BCUT2D eigenvalue weighted by Gasteiger charge is 2.28. The molecule has 0 atom stereocenters. The van der Waals surface area contributed by atoms with Crippen LogP contribution >= 0.6 is 11.6 Å². The molecule has 0 unspecified atom stereocenters. The number of benzene rings is 2. The predicted octanol–water partition coefficient (Wildman–Crippen LogP) is 3.38. The lowest BCUT2D eigenvalue weighted by Crippen LogP contribution is -2.45. The lowest BCUT2D eigenvalue weighted by molar-refractivity contribution is -0.122. The maximum Gasteiger partial charge on any atom is 0.272 e. The van der Waals surface area contributed by atoms with Crippen molar-refractivity contribution < 1.29 is 19.1 Å². The van der Waals surface area contributed by atoms with Crippen LogP contribution in [-0.2, 0) is 17.9 Å². The van der Waals surface area contributed by atoms with E-state index in [1.807, 2.05) is 37.3 Å². The van der Waals surface area contributed by atoms with Gasteiger partial charge in [-0.3, -0.25) is 14.3 Å². The van der Waals surface area contributed by atoms with Crippen LogP contribution < -0.4 is 14.8 Å². The molecule has 0 bridgehead atoms. The maximum atomic E-state index is 12.9. The van der Waals surface area contributed by atoms with Gasteiger partial charge in [-0.1, -0.05) is 29.8 Å². The molecule has 0 saturated heterocycles. The molecule has 2 heterocycles. The van der Waals surface area contributed by atoms with Crippen LogP contribution in [0.3, 0.4) is 0 Å². The predicted molar refractivity (Wildman–Crippen MR) is 125 cm³/mol. The number of hydrogen-bond donors (Lipinski definition) is 1. The fourth-order valence-electron chi connectivity index (χ4n) is 3.68. The smallest absolute Gasteiger partial charge is 0.272 e. The molecule has 172 valence electrons. The second-order valence-electron chi connectivity index (χ2n) is 7.57. The Hall–Kier alpha value is -3.52. The van der Waals surface area contributed by atoms with Gasteiger partial charge in [-0.15, -0.1) is 0 Å². The standard InChI is InChI=1S/C24H25ClN4O4/c1-3-33-21-9-4-16(12-22(21)32-2)14-26-23(30)15-28-10-11-29-20(24(28)31)13-19(27-29)17-5-7-18(25)8-6-17/h4-9,12-13H,3,10-11,14-15H2,1-2H3,(H,26,30). The third kappa shape index (κ3) is 5.12. The van der Waals surface area contributed by atoms with E-state index in [0.29, 0.717) is 54.2 Å². The maximum absolute atomic E-state index is 12.9. The Morgan fingerprint density at radius 1 is 1.12 bits per heavy atom. The first kappa shape index (κ1) is 22.7. The minimum absolute atomic E-state index is 0.0194. The summed E-state index contributed by atoms with van der Waals surface area (Å²) in [5.41, 5.74) is 2.92. The van der Waals surface area contributed by atoms with Gasteiger partial charge in [-0.05, 0) is 42.8 Å². The number of rotatable bonds is 8. The summed E-state index contributed by atoms with van der Waals surface area (Å²) < 4.78 is 12.6. The van der Waals surface area contributed by atoms with Crippen LogP contribution in [0, 0.1) is 0 Å². The molecule has 1 aromatic heterocycles. The molecule has 2 amide bonds. The minimum atomic E-state index is -0.234. The fourth-order valence-corrected chi connectivity index (χ4v) is 3.80. The molecule has 0 saturated carbocycles. The number of amides is 2. The third-order valence-corrected chi connectivity index (χ3v) is 5.61. The molecule has 8 nitrogen and oxygen atoms in total. The van der Waals surface area contributed by atoms with E-state index in [1.165, 1.54) is 4.90 Å². The first-order valence-electron chi connectivity index (χ1n) is 10.7. The number of halogens is 1. The largest absolute Gasteiger partial charge is 0.493 e. The molecule has 9 heteroatoms. The molecule has 1 aliphatic rings. The highest BCUT2D eigenvalue weighted by molar-refractivity contribution is 6.30. The first-order valence-corrected chi connectivity index (χ1v) is 11.1. The summed E-state index contributed by atoms with van der Waals surface area (Å²) in [7, 11) is 1.57. The average Bonchev–Trinajstić information content (AvgIpc) is 3.26. The molecule has 33 heavy (non-hydrogen) atoms. The number of carbonyl (C=O) groups is 2. The van der Waals surface area contributed by atoms with Crippen molar-refractivity contribution in [2.75, 3.05) is 26.8 Å². The van der Waals surface area contributed by atoms with E-state index in [4.69, 9.17) is 21.1 Å². The van der Waals surface area contributed by atoms with Gasteiger partial charge < -0.3 is 19.7 Å². The van der Waals surface area contributed by atoms with E-state index in [9.17, 15) is 9.59 Å². The van der Waals surface area contributed by atoms with Gasteiger partial charge in [0.05, 0.1) is 32.5 Å². The summed E-state index contributed by atoms with van der Waals surface area (Å²) in [6, 6.07) is 14.6. The second-order valence-corrected chi connectivity index (χ2v) is 8.00. The van der Waals surface area contributed by atoms with E-state index in [0.717, 1.165) is 11.1 Å². The second kappa shape index (κ2) is 9.95. The van der Waals surface area contributed by atoms with Gasteiger partial charge >= 0.3 is 0 Å². The molecule has 1 N–H and O–H groups in total. The van der Waals surface area contributed by atoms with Crippen LogP contribution in [0.25, 0.3) is 11.3 Å². The monoisotopic (exact) mass is 468 g/mol. The first-order chi connectivity index (χ1) is 16.0. The molecule has 0 fully saturated rings. The normalized spacial score (nSPS) is 12.9. The quantitative estimate of drug-likeness (QED) is 0.547. The summed E-state index contributed by atoms with van der Waals surface area (Å²) >= 11 is 5.95. The van der Waals surface area contributed by atoms with Crippen LogP contribution in [0.4, 0.5) is 0 Å². The minimum Gasteiger partial charge on any atom is -0.493 e. The summed E-state index contributed by atoms with van der Waals surface area (Å²) in [4.78, 5) is 27.0. The van der Waals surface area contributed by atoms with Gasteiger partial charge in [0, 0.05) is 23.7 Å². The van der Waals surface area contributed by atoms with Gasteiger partial charge in [0.25, 0.3) is 5.91 Å². The zero-order valence-electron chi connectivity index (χ0n) is 18.5. The summed E-state index contributed by atoms with van der Waals surface area (Å²) in [5.74, 6) is 0.817. The number of ether oxygens (including phenoxy) is 2. The topological polar surface area (TPSA) is 85.7 Å². The van der Waals surface area contributed by atoms with Crippen molar-refractivity contribution in [2.24, 2.45) is 0 Å². The number of methoxy groups -OCH3 is 1. The van der Waals surface area contributed by atoms with Crippen molar-refractivity contribution in [2.45, 2.75) is 20.0 Å². The number of hydrogen-bond acceptors (Lipinski definition) is 5. The van der Waals surface area contributed by atoms with E-state index < -0.39 is 0 Å². The van der Waals surface area contributed by atoms with Gasteiger partial charge in [0.1, 0.15) is 5.69 Å². The SMILES string of the molecule is CCOc1ccc(CNC(=O)CN2CCn3nc(-c4ccc(Cl)cc4)cc3C2=O)cc1OC. The molecule has 0 aliphatic carbocycles. The van der Waals surface area contributed by atoms with Crippen LogP contribution in [0.1, 0.15) is 23.0 Å². The van der Waals surface area contributed by atoms with Gasteiger partial charge in [-0.2, -0.15) is 5.10 Å². The fraction of sp³-hybridized carbons (Fsp3) is 0.292. The van der Waals surface area contributed by atoms with Crippen molar-refractivity contribution in [3.05, 3.63) is 64.8 Å². The van der Waals surface area contributed by atoms with E-state index in [2.05, 4.69) is 10.4 Å². The molecular formula is C24H25ClN4O4. The lowest BCUT2D eigenvalue weighted by Gasteiger charge is -2.26. The Labute approximate surface area is 197 Å². The van der Waals surface area contributed by atoms with E-state index in [-0.39, 0.29) is 18.4 Å². The van der Waals surface area contributed by atoms with Gasteiger partial charge in [-0.25, -0.2) is 0 Å². The Kier molecular flexibility index (Phi) is 6.84. The van der Waals surface area contributed by atoms with Crippen LogP contribution in [0.5, 0.6) is 11.5 Å². The lowest BCUT2D eigenvalue weighted by atomic mass is 10.1. The van der Waals surface area contributed by atoms with Gasteiger partial charge in [0.2, 0.25) is 5.91 Å². The Bertz CT molecular complexity index is 1160. The zero-order valence-corrected chi connectivity index (χ0v) is 19.3. The number of carbonyl (C=O) groups excluding carboxylic acids is 2. The Morgan fingerprint density at radius 3 is 2.64 bits per heavy atom. The summed E-state index contributed by atoms with van der Waals surface area (Å²) in [6.45, 7) is 3.68. The van der Waals surface area contributed by atoms with E-state index >= 15 is 0 Å². The Morgan fingerprint density at radius 2 is 1.91 bits per heavy atom. The highest BCUT2D eigenvalue weighted by Crippen LogP contribution is 2.28. The number of nitrogens with one attached hydrogen (secondary N) is 1. The van der Waals surface area contributed by atoms with Crippen LogP contribution in [-0.4, -0.2) is 53.3 Å². The zero-order chi connectivity index (χ0) is 23.4. The molecule has 4 rings (SSSR count). The van der Waals surface area contributed by atoms with Crippen LogP contribution in [0.15, 0.2) is 48.5 Å². The number of aromatic nitrogens is 2. The van der Waals surface area contributed by atoms with Crippen molar-refractivity contribution in [3.8, 4) is 22.8 Å². The summed E-state index contributed by atoms with van der Waals surface area (Å²) in [5, 5.41) is 8.04. The average molecular weight is 469 g/mol. The summed E-state index contributed by atoms with van der Waals surface area (Å²) in [6.07, 6.45) is 0. The molecule has 1 aliphatic heterocycles. The number of nitrogens with zero attached hydrogens (tertiary/aromatic N) is 3. The molecule has 3 aromatic rings. The Balaban J connectivity index is 1.37. The van der Waals surface area contributed by atoms with Crippen molar-refractivity contribution >= 4 is 23.4 Å². The molecule has 2 aromatic carbocycles.